The van der Waals surface area contributed by atoms with Gasteiger partial charge in [-0.1, -0.05) is 0 Å². The van der Waals surface area contributed by atoms with Crippen LogP contribution in [-0.4, -0.2) is 31.7 Å². The summed E-state index contributed by atoms with van der Waals surface area (Å²) in [6.45, 7) is 1.40. The Morgan fingerprint density at radius 1 is 1.69 bits per heavy atom. The Kier molecular flexibility index (Phi) is 3.74. The fraction of sp³-hybridized carbons (Fsp3) is 0.667. The van der Waals surface area contributed by atoms with Gasteiger partial charge >= 0.3 is 0 Å². The minimum atomic E-state index is -0.210. The number of terminal acetylenes is 1. The molecule has 0 aromatic rings. The third-order valence-corrected chi connectivity index (χ3v) is 2.03. The molecular formula is C9H14N2O2. The van der Waals surface area contributed by atoms with Gasteiger partial charge in [-0.25, -0.2) is 0 Å². The van der Waals surface area contributed by atoms with Gasteiger partial charge in [-0.2, -0.15) is 0 Å². The zero-order valence-corrected chi connectivity index (χ0v) is 7.45. The summed E-state index contributed by atoms with van der Waals surface area (Å²) in [4.78, 5) is 11.4. The third-order valence-electron chi connectivity index (χ3n) is 2.03. The number of carbonyl (C=O) groups excluding carboxylic acids is 1. The average Bonchev–Trinajstić information content (AvgIpc) is 2.52. The molecule has 2 atom stereocenters. The first-order chi connectivity index (χ1) is 6.25. The number of rotatable bonds is 3. The fourth-order valence-electron chi connectivity index (χ4n) is 1.23. The summed E-state index contributed by atoms with van der Waals surface area (Å²) in [5.74, 6) is 2.18. The number of hydrogen-bond acceptors (Lipinski definition) is 3. The molecule has 1 heterocycles. The van der Waals surface area contributed by atoms with Crippen LogP contribution in [0.15, 0.2) is 0 Å². The van der Waals surface area contributed by atoms with Crippen LogP contribution >= 0.6 is 0 Å². The first-order valence-electron chi connectivity index (χ1n) is 4.30. The van der Waals surface area contributed by atoms with Crippen molar-refractivity contribution in [3.63, 3.8) is 0 Å². The van der Waals surface area contributed by atoms with Gasteiger partial charge in [0.2, 0.25) is 5.91 Å². The van der Waals surface area contributed by atoms with Crippen molar-refractivity contribution in [3.8, 4) is 12.3 Å². The van der Waals surface area contributed by atoms with Crippen molar-refractivity contribution in [2.75, 3.05) is 19.8 Å². The molecule has 4 heteroatoms. The standard InChI is InChI=1S/C9H14N2O2/c1-2-3-4-11-9(12)7-5-13-6-8(7)10/h1,7-8H,3-6,10H2,(H,11,12). The second-order valence-corrected chi connectivity index (χ2v) is 3.05. The smallest absolute Gasteiger partial charge is 0.227 e. The number of carbonyl (C=O) groups is 1. The molecule has 13 heavy (non-hydrogen) atoms. The summed E-state index contributed by atoms with van der Waals surface area (Å²) in [5, 5.41) is 2.71. The van der Waals surface area contributed by atoms with Gasteiger partial charge in [-0.05, 0) is 0 Å². The lowest BCUT2D eigenvalue weighted by Gasteiger charge is -2.12. The van der Waals surface area contributed by atoms with E-state index in [1.54, 1.807) is 0 Å². The first-order valence-corrected chi connectivity index (χ1v) is 4.30. The Balaban J connectivity index is 2.27. The molecule has 0 radical (unpaired) electrons. The highest BCUT2D eigenvalue weighted by Gasteiger charge is 2.30. The largest absolute Gasteiger partial charge is 0.379 e. The van der Waals surface area contributed by atoms with Crippen LogP contribution in [0.3, 0.4) is 0 Å². The van der Waals surface area contributed by atoms with Crippen molar-refractivity contribution in [2.24, 2.45) is 11.7 Å². The molecular weight excluding hydrogens is 168 g/mol. The summed E-state index contributed by atoms with van der Waals surface area (Å²) < 4.78 is 5.07. The summed E-state index contributed by atoms with van der Waals surface area (Å²) >= 11 is 0. The molecule has 0 aromatic carbocycles. The molecule has 0 aliphatic carbocycles. The Bertz CT molecular complexity index is 222. The lowest BCUT2D eigenvalue weighted by Crippen LogP contribution is -2.41. The second-order valence-electron chi connectivity index (χ2n) is 3.05. The van der Waals surface area contributed by atoms with Crippen LogP contribution in [0.2, 0.25) is 0 Å². The van der Waals surface area contributed by atoms with Crippen molar-refractivity contribution >= 4 is 5.91 Å². The normalized spacial score (nSPS) is 26.8. The Hall–Kier alpha value is -1.05. The van der Waals surface area contributed by atoms with Gasteiger partial charge in [0.1, 0.15) is 0 Å². The van der Waals surface area contributed by atoms with Crippen molar-refractivity contribution in [1.29, 1.82) is 0 Å². The van der Waals surface area contributed by atoms with E-state index in [9.17, 15) is 4.79 Å². The molecule has 72 valence electrons. The van der Waals surface area contributed by atoms with Crippen LogP contribution in [0.5, 0.6) is 0 Å². The van der Waals surface area contributed by atoms with E-state index in [1.165, 1.54) is 0 Å². The molecule has 3 N–H and O–H groups in total. The van der Waals surface area contributed by atoms with Crippen molar-refractivity contribution in [3.05, 3.63) is 0 Å². The van der Waals surface area contributed by atoms with Crippen molar-refractivity contribution in [2.45, 2.75) is 12.5 Å². The van der Waals surface area contributed by atoms with Gasteiger partial charge in [-0.3, -0.25) is 4.79 Å². The predicted octanol–water partition coefficient (Wildman–Crippen LogP) is -0.900. The molecule has 1 fully saturated rings. The van der Waals surface area contributed by atoms with Gasteiger partial charge in [0.15, 0.2) is 0 Å². The summed E-state index contributed by atoms with van der Waals surface area (Å²) in [7, 11) is 0. The highest BCUT2D eigenvalue weighted by Crippen LogP contribution is 2.11. The van der Waals surface area contributed by atoms with E-state index in [0.29, 0.717) is 26.2 Å². The number of nitrogens with one attached hydrogen (secondary N) is 1. The fourth-order valence-corrected chi connectivity index (χ4v) is 1.23. The minimum absolute atomic E-state index is 0.0553. The van der Waals surface area contributed by atoms with Gasteiger partial charge in [-0.15, -0.1) is 12.3 Å². The zero-order chi connectivity index (χ0) is 9.68. The van der Waals surface area contributed by atoms with Crippen LogP contribution in [0.1, 0.15) is 6.42 Å². The number of ether oxygens (including phenoxy) is 1. The van der Waals surface area contributed by atoms with Gasteiger partial charge in [0.05, 0.1) is 19.1 Å². The monoisotopic (exact) mass is 182 g/mol. The molecule has 1 aliphatic heterocycles. The quantitative estimate of drug-likeness (QED) is 0.439. The van der Waals surface area contributed by atoms with Crippen LogP contribution in [0.4, 0.5) is 0 Å². The predicted molar refractivity (Wildman–Crippen MR) is 48.7 cm³/mol. The Morgan fingerprint density at radius 3 is 3.00 bits per heavy atom. The van der Waals surface area contributed by atoms with E-state index < -0.39 is 0 Å². The Morgan fingerprint density at radius 2 is 2.46 bits per heavy atom. The lowest BCUT2D eigenvalue weighted by atomic mass is 10.0. The number of hydrogen-bond donors (Lipinski definition) is 2. The molecule has 1 saturated heterocycles. The van der Waals surface area contributed by atoms with Crippen molar-refractivity contribution in [1.82, 2.24) is 5.32 Å². The SMILES string of the molecule is C#CCCNC(=O)C1COCC1N. The number of nitrogens with two attached hydrogens (primary N) is 1. The highest BCUT2D eigenvalue weighted by atomic mass is 16.5. The van der Waals surface area contributed by atoms with Gasteiger partial charge in [0.25, 0.3) is 0 Å². The van der Waals surface area contributed by atoms with E-state index in [4.69, 9.17) is 16.9 Å². The van der Waals surface area contributed by atoms with E-state index in [2.05, 4.69) is 11.2 Å². The van der Waals surface area contributed by atoms with Crippen LogP contribution in [0.25, 0.3) is 0 Å². The first kappa shape index (κ1) is 10.0. The van der Waals surface area contributed by atoms with E-state index >= 15 is 0 Å². The highest BCUT2D eigenvalue weighted by molar-refractivity contribution is 5.79. The maximum atomic E-state index is 11.4. The summed E-state index contributed by atoms with van der Waals surface area (Å²) in [6.07, 6.45) is 5.59. The topological polar surface area (TPSA) is 64.3 Å². The van der Waals surface area contributed by atoms with E-state index in [0.717, 1.165) is 0 Å². The molecule has 0 aromatic heterocycles. The molecule has 0 spiro atoms. The maximum absolute atomic E-state index is 11.4. The van der Waals surface area contributed by atoms with Gasteiger partial charge in [0, 0.05) is 19.0 Å². The van der Waals surface area contributed by atoms with Crippen molar-refractivity contribution < 1.29 is 9.53 Å². The summed E-state index contributed by atoms with van der Waals surface area (Å²) in [5.41, 5.74) is 5.66. The second kappa shape index (κ2) is 4.85. The molecule has 1 amide bonds. The van der Waals surface area contributed by atoms with E-state index in [1.807, 2.05) is 0 Å². The lowest BCUT2D eigenvalue weighted by molar-refractivity contribution is -0.125. The van der Waals surface area contributed by atoms with Crippen LogP contribution in [-0.2, 0) is 9.53 Å². The molecule has 2 unspecified atom stereocenters. The average molecular weight is 182 g/mol. The molecule has 1 aliphatic rings. The zero-order valence-electron chi connectivity index (χ0n) is 7.45. The van der Waals surface area contributed by atoms with Crippen LogP contribution < -0.4 is 11.1 Å². The van der Waals surface area contributed by atoms with E-state index in [-0.39, 0.29) is 17.9 Å². The molecule has 0 saturated carbocycles. The van der Waals surface area contributed by atoms with Crippen LogP contribution in [0, 0.1) is 18.3 Å². The number of amides is 1. The molecule has 4 nitrogen and oxygen atoms in total. The Labute approximate surface area is 77.8 Å². The minimum Gasteiger partial charge on any atom is -0.379 e. The van der Waals surface area contributed by atoms with Gasteiger partial charge < -0.3 is 15.8 Å². The third kappa shape index (κ3) is 2.72. The molecule has 0 bridgehead atoms. The maximum Gasteiger partial charge on any atom is 0.227 e. The molecule has 1 rings (SSSR count). The summed E-state index contributed by atoms with van der Waals surface area (Å²) in [6, 6.07) is -0.175.